The van der Waals surface area contributed by atoms with Gasteiger partial charge in [-0.15, -0.1) is 0 Å². The molecule has 0 heterocycles. The lowest BCUT2D eigenvalue weighted by Crippen LogP contribution is -2.31. The Labute approximate surface area is 127 Å². The Morgan fingerprint density at radius 2 is 2.00 bits per heavy atom. The van der Waals surface area contributed by atoms with Gasteiger partial charge < -0.3 is 10.5 Å². The zero-order chi connectivity index (χ0) is 16.3. The number of hydrogen-bond acceptors (Lipinski definition) is 3. The highest BCUT2D eigenvalue weighted by Crippen LogP contribution is 2.27. The van der Waals surface area contributed by atoms with E-state index in [-0.39, 0.29) is 11.3 Å². The van der Waals surface area contributed by atoms with Crippen LogP contribution in [0.25, 0.3) is 0 Å². The van der Waals surface area contributed by atoms with Crippen LogP contribution in [-0.2, 0) is 11.2 Å². The molecule has 0 aromatic heterocycles. The maximum absolute atomic E-state index is 13.4. The van der Waals surface area contributed by atoms with E-state index in [4.69, 9.17) is 22.1 Å². The molecule has 118 valence electrons. The lowest BCUT2D eigenvalue weighted by Gasteiger charge is -2.21. The van der Waals surface area contributed by atoms with Crippen molar-refractivity contribution in [2.45, 2.75) is 38.7 Å². The van der Waals surface area contributed by atoms with E-state index >= 15 is 0 Å². The van der Waals surface area contributed by atoms with Crippen molar-refractivity contribution in [3.05, 3.63) is 28.8 Å². The van der Waals surface area contributed by atoms with Gasteiger partial charge in [-0.05, 0) is 38.5 Å². The minimum absolute atomic E-state index is 0.185. The summed E-state index contributed by atoms with van der Waals surface area (Å²) in [7, 11) is 0. The van der Waals surface area contributed by atoms with Gasteiger partial charge >= 0.3 is 6.09 Å². The molecule has 7 heteroatoms. The third-order valence-electron chi connectivity index (χ3n) is 2.46. The molecule has 1 rings (SSSR count). The molecule has 21 heavy (non-hydrogen) atoms. The number of nitrogens with two attached hydrogens (primary N) is 1. The quantitative estimate of drug-likeness (QED) is 0.886. The summed E-state index contributed by atoms with van der Waals surface area (Å²) in [5.74, 6) is -3.06. The molecule has 0 radical (unpaired) electrons. The minimum Gasteiger partial charge on any atom is -0.444 e. The highest BCUT2D eigenvalue weighted by molar-refractivity contribution is 6.31. The van der Waals surface area contributed by atoms with E-state index in [1.807, 2.05) is 0 Å². The number of nitrogens with one attached hydrogen (secondary N) is 1. The molecular formula is C14H19ClF2N2O2. The van der Waals surface area contributed by atoms with Crippen molar-refractivity contribution >= 4 is 23.4 Å². The fourth-order valence-electron chi connectivity index (χ4n) is 1.58. The van der Waals surface area contributed by atoms with Crippen molar-refractivity contribution in [1.29, 1.82) is 0 Å². The Morgan fingerprint density at radius 3 is 2.52 bits per heavy atom. The molecule has 4 nitrogen and oxygen atoms in total. The van der Waals surface area contributed by atoms with Gasteiger partial charge in [0.25, 0.3) is 5.92 Å². The van der Waals surface area contributed by atoms with Crippen LogP contribution >= 0.6 is 11.6 Å². The molecule has 0 saturated carbocycles. The topological polar surface area (TPSA) is 64.3 Å². The average Bonchev–Trinajstić information content (AvgIpc) is 2.30. The Kier molecular flexibility index (Phi) is 5.53. The molecule has 0 atom stereocenters. The fourth-order valence-corrected chi connectivity index (χ4v) is 1.76. The molecular weight excluding hydrogens is 302 g/mol. The van der Waals surface area contributed by atoms with Crippen LogP contribution < -0.4 is 11.1 Å². The molecule has 0 aliphatic rings. The van der Waals surface area contributed by atoms with Crippen molar-refractivity contribution in [1.82, 2.24) is 0 Å². The van der Waals surface area contributed by atoms with Gasteiger partial charge in [0.15, 0.2) is 0 Å². The number of carbonyl (C=O) groups is 1. The van der Waals surface area contributed by atoms with E-state index in [0.29, 0.717) is 5.02 Å². The summed E-state index contributed by atoms with van der Waals surface area (Å²) >= 11 is 5.83. The maximum Gasteiger partial charge on any atom is 0.412 e. The predicted octanol–water partition coefficient (Wildman–Crippen LogP) is 3.82. The van der Waals surface area contributed by atoms with Crippen LogP contribution in [0.1, 0.15) is 26.3 Å². The van der Waals surface area contributed by atoms with Crippen LogP contribution in [0.3, 0.4) is 0 Å². The highest BCUT2D eigenvalue weighted by Gasteiger charge is 2.29. The van der Waals surface area contributed by atoms with Crippen molar-refractivity contribution in [3.8, 4) is 0 Å². The molecule has 0 aliphatic heterocycles. The van der Waals surface area contributed by atoms with Gasteiger partial charge in [0.1, 0.15) is 5.60 Å². The smallest absolute Gasteiger partial charge is 0.412 e. The normalized spacial score (nSPS) is 12.1. The van der Waals surface area contributed by atoms with E-state index in [1.54, 1.807) is 20.8 Å². The molecule has 0 saturated heterocycles. The number of halogens is 3. The summed E-state index contributed by atoms with van der Waals surface area (Å²) in [5.41, 5.74) is 4.76. The van der Waals surface area contributed by atoms with E-state index < -0.39 is 30.6 Å². The SMILES string of the molecule is CC(C)(C)OC(=O)Nc1cc(Cl)ccc1CC(F)(F)CN. The van der Waals surface area contributed by atoms with Crippen molar-refractivity contribution in [2.75, 3.05) is 11.9 Å². The second-order valence-corrected chi connectivity index (χ2v) is 6.10. The Bertz CT molecular complexity index is 516. The van der Waals surface area contributed by atoms with Gasteiger partial charge in [-0.3, -0.25) is 5.32 Å². The van der Waals surface area contributed by atoms with E-state index in [1.165, 1.54) is 18.2 Å². The van der Waals surface area contributed by atoms with E-state index in [0.717, 1.165) is 0 Å². The fraction of sp³-hybridized carbons (Fsp3) is 0.500. The van der Waals surface area contributed by atoms with Gasteiger partial charge in [-0.1, -0.05) is 17.7 Å². The second kappa shape index (κ2) is 6.58. The molecule has 1 amide bonds. The van der Waals surface area contributed by atoms with Gasteiger partial charge in [-0.25, -0.2) is 13.6 Å². The Morgan fingerprint density at radius 1 is 1.38 bits per heavy atom. The monoisotopic (exact) mass is 320 g/mol. The van der Waals surface area contributed by atoms with Gasteiger partial charge in [0.05, 0.1) is 6.54 Å². The lowest BCUT2D eigenvalue weighted by atomic mass is 10.1. The van der Waals surface area contributed by atoms with Crippen LogP contribution in [0.2, 0.25) is 5.02 Å². The summed E-state index contributed by atoms with van der Waals surface area (Å²) in [6, 6.07) is 4.30. The van der Waals surface area contributed by atoms with Gasteiger partial charge in [-0.2, -0.15) is 0 Å². The van der Waals surface area contributed by atoms with Crippen LogP contribution in [0, 0.1) is 0 Å². The number of rotatable bonds is 4. The van der Waals surface area contributed by atoms with Crippen molar-refractivity contribution in [2.24, 2.45) is 5.73 Å². The average molecular weight is 321 g/mol. The van der Waals surface area contributed by atoms with E-state index in [2.05, 4.69) is 5.32 Å². The summed E-state index contributed by atoms with van der Waals surface area (Å²) in [4.78, 5) is 11.7. The summed E-state index contributed by atoms with van der Waals surface area (Å²) < 4.78 is 31.9. The molecule has 0 aliphatic carbocycles. The van der Waals surface area contributed by atoms with Crippen LogP contribution in [-0.4, -0.2) is 24.2 Å². The van der Waals surface area contributed by atoms with E-state index in [9.17, 15) is 13.6 Å². The zero-order valence-electron chi connectivity index (χ0n) is 12.2. The summed E-state index contributed by atoms with van der Waals surface area (Å²) in [6.45, 7) is 4.33. The van der Waals surface area contributed by atoms with Crippen LogP contribution in [0.5, 0.6) is 0 Å². The van der Waals surface area contributed by atoms with Crippen LogP contribution in [0.4, 0.5) is 19.3 Å². The van der Waals surface area contributed by atoms with Gasteiger partial charge in [0.2, 0.25) is 0 Å². The number of benzene rings is 1. The molecule has 0 fully saturated rings. The molecule has 0 unspecified atom stereocenters. The van der Waals surface area contributed by atoms with Crippen molar-refractivity contribution < 1.29 is 18.3 Å². The lowest BCUT2D eigenvalue weighted by molar-refractivity contribution is 0.0115. The first-order valence-electron chi connectivity index (χ1n) is 6.39. The number of carbonyl (C=O) groups excluding carboxylic acids is 1. The first-order valence-corrected chi connectivity index (χ1v) is 6.76. The first kappa shape index (κ1) is 17.7. The molecule has 0 bridgehead atoms. The number of hydrogen-bond donors (Lipinski definition) is 2. The summed E-state index contributed by atoms with van der Waals surface area (Å²) in [5, 5.41) is 2.76. The minimum atomic E-state index is -3.06. The highest BCUT2D eigenvalue weighted by atomic mass is 35.5. The molecule has 1 aromatic rings. The largest absolute Gasteiger partial charge is 0.444 e. The number of amides is 1. The predicted molar refractivity (Wildman–Crippen MR) is 79.0 cm³/mol. The Hall–Kier alpha value is -1.40. The first-order chi connectivity index (χ1) is 9.52. The third-order valence-corrected chi connectivity index (χ3v) is 2.69. The number of alkyl halides is 2. The zero-order valence-corrected chi connectivity index (χ0v) is 12.9. The maximum atomic E-state index is 13.4. The summed E-state index contributed by atoms with van der Waals surface area (Å²) in [6.07, 6.45) is -1.33. The molecule has 0 spiro atoms. The van der Waals surface area contributed by atoms with Crippen LogP contribution in [0.15, 0.2) is 18.2 Å². The second-order valence-electron chi connectivity index (χ2n) is 5.67. The number of ether oxygens (including phenoxy) is 1. The standard InChI is InChI=1S/C14H19ClF2N2O2/c1-13(2,3)21-12(20)19-11-6-10(15)5-4-9(11)7-14(16,17)8-18/h4-6H,7-8,18H2,1-3H3,(H,19,20). The Balaban J connectivity index is 2.95. The van der Waals surface area contributed by atoms with Gasteiger partial charge in [0, 0.05) is 17.1 Å². The third kappa shape index (κ3) is 6.27. The molecule has 3 N–H and O–H groups in total. The van der Waals surface area contributed by atoms with Crippen molar-refractivity contribution in [3.63, 3.8) is 0 Å². The number of anilines is 1. The molecule has 1 aromatic carbocycles.